The molecule has 5 heteroatoms. The Morgan fingerprint density at radius 3 is 2.56 bits per heavy atom. The van der Waals surface area contributed by atoms with Crippen LogP contribution in [0, 0.1) is 5.92 Å². The number of likely N-dealkylation sites (N-methyl/N-ethyl adjacent to an activating group) is 1. The highest BCUT2D eigenvalue weighted by Crippen LogP contribution is 2.14. The van der Waals surface area contributed by atoms with Crippen molar-refractivity contribution in [3.05, 3.63) is 35.9 Å². The van der Waals surface area contributed by atoms with E-state index < -0.39 is 0 Å². The summed E-state index contributed by atoms with van der Waals surface area (Å²) in [5.74, 6) is 1.62. The molecule has 1 aliphatic rings. The predicted molar refractivity (Wildman–Crippen MR) is 114 cm³/mol. The van der Waals surface area contributed by atoms with Crippen LogP contribution in [0.2, 0.25) is 0 Å². The molecule has 152 valence electrons. The first kappa shape index (κ1) is 21.7. The van der Waals surface area contributed by atoms with Gasteiger partial charge in [0.2, 0.25) is 0 Å². The van der Waals surface area contributed by atoms with E-state index >= 15 is 0 Å². The van der Waals surface area contributed by atoms with E-state index in [1.165, 1.54) is 5.56 Å². The van der Waals surface area contributed by atoms with Gasteiger partial charge in [0.15, 0.2) is 5.96 Å². The van der Waals surface area contributed by atoms with E-state index in [4.69, 9.17) is 9.73 Å². The van der Waals surface area contributed by atoms with Gasteiger partial charge < -0.3 is 15.0 Å². The highest BCUT2D eigenvalue weighted by atomic mass is 16.5. The van der Waals surface area contributed by atoms with Crippen molar-refractivity contribution in [2.45, 2.75) is 39.7 Å². The molecule has 27 heavy (non-hydrogen) atoms. The van der Waals surface area contributed by atoms with Crippen LogP contribution >= 0.6 is 0 Å². The summed E-state index contributed by atoms with van der Waals surface area (Å²) < 4.78 is 5.53. The molecule has 2 atom stereocenters. The van der Waals surface area contributed by atoms with Crippen LogP contribution in [0.4, 0.5) is 0 Å². The third kappa shape index (κ3) is 7.15. The third-order valence-electron chi connectivity index (χ3n) is 5.35. The molecule has 1 aromatic carbocycles. The molecule has 0 spiro atoms. The SMILES string of the molecule is CCNC(=NCC(Cc1ccccc1)N(CC)CC)N(C)CC1CCOC1. The van der Waals surface area contributed by atoms with E-state index in [0.717, 1.165) is 64.7 Å². The zero-order valence-corrected chi connectivity index (χ0v) is 17.7. The Hall–Kier alpha value is -1.59. The van der Waals surface area contributed by atoms with Gasteiger partial charge in [-0.1, -0.05) is 44.2 Å². The van der Waals surface area contributed by atoms with Crippen LogP contribution in [-0.4, -0.2) is 74.8 Å². The number of nitrogens with zero attached hydrogens (tertiary/aromatic N) is 3. The Bertz CT molecular complexity index is 539. The van der Waals surface area contributed by atoms with Crippen LogP contribution in [0.15, 0.2) is 35.3 Å². The fraction of sp³-hybridized carbons (Fsp3) is 0.682. The summed E-state index contributed by atoms with van der Waals surface area (Å²) in [5.41, 5.74) is 1.38. The Balaban J connectivity index is 2.06. The normalized spacial score (nSPS) is 18.7. The van der Waals surface area contributed by atoms with E-state index in [9.17, 15) is 0 Å². The number of rotatable bonds is 10. The van der Waals surface area contributed by atoms with Gasteiger partial charge in [0.1, 0.15) is 0 Å². The van der Waals surface area contributed by atoms with Gasteiger partial charge in [0.25, 0.3) is 0 Å². The fourth-order valence-electron chi connectivity index (χ4n) is 3.80. The number of ether oxygens (including phenoxy) is 1. The first-order valence-electron chi connectivity index (χ1n) is 10.5. The van der Waals surface area contributed by atoms with Gasteiger partial charge in [0, 0.05) is 38.7 Å². The minimum Gasteiger partial charge on any atom is -0.381 e. The molecule has 0 bridgehead atoms. The monoisotopic (exact) mass is 374 g/mol. The molecule has 1 N–H and O–H groups in total. The van der Waals surface area contributed by atoms with Gasteiger partial charge in [-0.2, -0.15) is 0 Å². The lowest BCUT2D eigenvalue weighted by Gasteiger charge is -2.30. The highest BCUT2D eigenvalue weighted by Gasteiger charge is 2.20. The number of nitrogens with one attached hydrogen (secondary N) is 1. The molecular weight excluding hydrogens is 336 g/mol. The lowest BCUT2D eigenvalue weighted by Crippen LogP contribution is -2.44. The van der Waals surface area contributed by atoms with Crippen LogP contribution in [0.3, 0.4) is 0 Å². The van der Waals surface area contributed by atoms with Crippen molar-refractivity contribution in [3.8, 4) is 0 Å². The molecule has 1 heterocycles. The summed E-state index contributed by atoms with van der Waals surface area (Å²) in [5, 5.41) is 3.47. The average Bonchev–Trinajstić information content (AvgIpc) is 3.19. The summed E-state index contributed by atoms with van der Waals surface area (Å²) in [6.07, 6.45) is 2.19. The molecule has 2 unspecified atom stereocenters. The zero-order valence-electron chi connectivity index (χ0n) is 17.7. The Morgan fingerprint density at radius 2 is 1.96 bits per heavy atom. The second-order valence-electron chi connectivity index (χ2n) is 7.37. The Labute approximate surface area is 165 Å². The van der Waals surface area contributed by atoms with Crippen molar-refractivity contribution < 1.29 is 4.74 Å². The molecule has 1 aromatic rings. The van der Waals surface area contributed by atoms with Gasteiger partial charge >= 0.3 is 0 Å². The van der Waals surface area contributed by atoms with Gasteiger partial charge in [0.05, 0.1) is 13.2 Å². The first-order chi connectivity index (χ1) is 13.2. The molecule has 0 radical (unpaired) electrons. The summed E-state index contributed by atoms with van der Waals surface area (Å²) in [4.78, 5) is 9.80. The van der Waals surface area contributed by atoms with Crippen LogP contribution in [0.5, 0.6) is 0 Å². The van der Waals surface area contributed by atoms with Crippen molar-refractivity contribution in [3.63, 3.8) is 0 Å². The third-order valence-corrected chi connectivity index (χ3v) is 5.35. The van der Waals surface area contributed by atoms with Crippen LogP contribution in [0.25, 0.3) is 0 Å². The number of benzene rings is 1. The van der Waals surface area contributed by atoms with Crippen molar-refractivity contribution in [1.29, 1.82) is 0 Å². The first-order valence-corrected chi connectivity index (χ1v) is 10.5. The predicted octanol–water partition coefficient (Wildman–Crippen LogP) is 2.87. The van der Waals surface area contributed by atoms with Crippen molar-refractivity contribution in [2.75, 3.05) is 53.0 Å². The molecule has 1 saturated heterocycles. The second kappa shape index (κ2) is 12.0. The average molecular weight is 375 g/mol. The maximum absolute atomic E-state index is 5.53. The maximum Gasteiger partial charge on any atom is 0.193 e. The van der Waals surface area contributed by atoms with Gasteiger partial charge in [-0.15, -0.1) is 0 Å². The Kier molecular flexibility index (Phi) is 9.64. The minimum absolute atomic E-state index is 0.416. The molecule has 0 aromatic heterocycles. The van der Waals surface area contributed by atoms with E-state index in [2.05, 4.69) is 73.3 Å². The lowest BCUT2D eigenvalue weighted by molar-refractivity contribution is 0.181. The van der Waals surface area contributed by atoms with Gasteiger partial charge in [-0.3, -0.25) is 9.89 Å². The van der Waals surface area contributed by atoms with E-state index in [1.807, 2.05) is 0 Å². The van der Waals surface area contributed by atoms with Crippen molar-refractivity contribution >= 4 is 5.96 Å². The molecular formula is C22H38N4O. The number of guanidine groups is 1. The minimum atomic E-state index is 0.416. The molecule has 2 rings (SSSR count). The largest absolute Gasteiger partial charge is 0.381 e. The molecule has 0 amide bonds. The summed E-state index contributed by atoms with van der Waals surface area (Å²) >= 11 is 0. The van der Waals surface area contributed by atoms with Crippen molar-refractivity contribution in [2.24, 2.45) is 10.9 Å². The highest BCUT2D eigenvalue weighted by molar-refractivity contribution is 5.79. The number of hydrogen-bond acceptors (Lipinski definition) is 3. The zero-order chi connectivity index (χ0) is 19.5. The molecule has 1 aliphatic heterocycles. The van der Waals surface area contributed by atoms with Gasteiger partial charge in [-0.05, 0) is 38.4 Å². The van der Waals surface area contributed by atoms with E-state index in [-0.39, 0.29) is 0 Å². The van der Waals surface area contributed by atoms with Crippen LogP contribution < -0.4 is 5.32 Å². The van der Waals surface area contributed by atoms with Crippen LogP contribution in [-0.2, 0) is 11.2 Å². The van der Waals surface area contributed by atoms with E-state index in [1.54, 1.807) is 0 Å². The fourth-order valence-corrected chi connectivity index (χ4v) is 3.80. The lowest BCUT2D eigenvalue weighted by atomic mass is 10.0. The maximum atomic E-state index is 5.53. The Morgan fingerprint density at radius 1 is 1.22 bits per heavy atom. The van der Waals surface area contributed by atoms with Crippen molar-refractivity contribution in [1.82, 2.24) is 15.1 Å². The smallest absolute Gasteiger partial charge is 0.193 e. The summed E-state index contributed by atoms with van der Waals surface area (Å²) in [7, 11) is 2.14. The number of hydrogen-bond donors (Lipinski definition) is 1. The quantitative estimate of drug-likeness (QED) is 0.505. The molecule has 5 nitrogen and oxygen atoms in total. The second-order valence-corrected chi connectivity index (χ2v) is 7.37. The molecule has 1 fully saturated rings. The van der Waals surface area contributed by atoms with E-state index in [0.29, 0.717) is 12.0 Å². The van der Waals surface area contributed by atoms with Gasteiger partial charge in [-0.25, -0.2) is 0 Å². The molecule has 0 saturated carbocycles. The topological polar surface area (TPSA) is 40.1 Å². The summed E-state index contributed by atoms with van der Waals surface area (Å²) in [6.45, 7) is 13.2. The summed E-state index contributed by atoms with van der Waals surface area (Å²) in [6, 6.07) is 11.2. The standard InChI is InChI=1S/C22H38N4O/c1-5-23-22(25(4)17-20-13-14-27-18-20)24-16-21(26(6-2)7-3)15-19-11-9-8-10-12-19/h8-12,20-21H,5-7,13-18H2,1-4H3,(H,23,24). The van der Waals surface area contributed by atoms with Crippen LogP contribution in [0.1, 0.15) is 32.8 Å². The molecule has 0 aliphatic carbocycles. The number of aliphatic imine (C=N–C) groups is 1.